The summed E-state index contributed by atoms with van der Waals surface area (Å²) < 4.78 is 46.8. The Morgan fingerprint density at radius 3 is 2.31 bits per heavy atom. The van der Waals surface area contributed by atoms with E-state index in [2.05, 4.69) is 10.1 Å². The van der Waals surface area contributed by atoms with Crippen LogP contribution in [0.4, 0.5) is 18.9 Å². The Balaban J connectivity index is 1.94. The van der Waals surface area contributed by atoms with E-state index < -0.39 is 30.4 Å². The molecule has 0 fully saturated rings. The summed E-state index contributed by atoms with van der Waals surface area (Å²) in [6.45, 7) is -0.0298. The first-order chi connectivity index (χ1) is 12.3. The summed E-state index contributed by atoms with van der Waals surface area (Å²) in [6, 6.07) is 9.02. The summed E-state index contributed by atoms with van der Waals surface area (Å²) in [5, 5.41) is 2.44. The molecule has 0 unspecified atom stereocenters. The number of benzene rings is 2. The third-order valence-electron chi connectivity index (χ3n) is 3.41. The van der Waals surface area contributed by atoms with Crippen LogP contribution < -0.4 is 10.1 Å². The molecule has 1 amide bonds. The van der Waals surface area contributed by atoms with E-state index in [9.17, 15) is 22.8 Å². The number of hydrogen-bond donors (Lipinski definition) is 1. The number of nitrogens with one attached hydrogen (secondary N) is 1. The molecule has 2 rings (SSSR count). The van der Waals surface area contributed by atoms with Gasteiger partial charge < -0.3 is 14.8 Å². The summed E-state index contributed by atoms with van der Waals surface area (Å²) in [5.41, 5.74) is 0.726. The lowest BCUT2D eigenvalue weighted by atomic mass is 10.2. The molecule has 0 aliphatic heterocycles. The Kier molecular flexibility index (Phi) is 6.21. The highest BCUT2D eigenvalue weighted by Crippen LogP contribution is 2.17. The third kappa shape index (κ3) is 5.23. The third-order valence-corrected chi connectivity index (χ3v) is 3.41. The van der Waals surface area contributed by atoms with Gasteiger partial charge in [0.1, 0.15) is 11.6 Å². The molecular formula is C18H16F3NO4. The summed E-state index contributed by atoms with van der Waals surface area (Å²) in [5.74, 6) is -2.03. The predicted molar refractivity (Wildman–Crippen MR) is 87.7 cm³/mol. The fourth-order valence-electron chi connectivity index (χ4n) is 1.97. The summed E-state index contributed by atoms with van der Waals surface area (Å²) >= 11 is 0. The second-order valence-corrected chi connectivity index (χ2v) is 5.40. The van der Waals surface area contributed by atoms with Crippen molar-refractivity contribution in [1.29, 1.82) is 0 Å². The van der Waals surface area contributed by atoms with E-state index in [1.54, 1.807) is 6.92 Å². The van der Waals surface area contributed by atoms with Gasteiger partial charge in [0.05, 0.1) is 5.56 Å². The second kappa shape index (κ2) is 8.37. The number of hydrogen-bond acceptors (Lipinski definition) is 4. The van der Waals surface area contributed by atoms with E-state index in [0.717, 1.165) is 6.07 Å². The molecule has 0 radical (unpaired) electrons. The highest BCUT2D eigenvalue weighted by Gasteiger charge is 2.19. The average Bonchev–Trinajstić information content (AvgIpc) is 2.58. The van der Waals surface area contributed by atoms with Crippen molar-refractivity contribution < 1.29 is 32.2 Å². The molecule has 1 atom stereocenters. The number of amides is 1. The predicted octanol–water partition coefficient (Wildman–Crippen LogP) is 3.92. The maximum atomic E-state index is 13.5. The molecule has 0 aliphatic carbocycles. The van der Waals surface area contributed by atoms with Crippen LogP contribution in [0.15, 0.2) is 42.5 Å². The topological polar surface area (TPSA) is 64.6 Å². The first-order valence-electron chi connectivity index (χ1n) is 7.59. The minimum absolute atomic E-state index is 0.0626. The van der Waals surface area contributed by atoms with Crippen LogP contribution in [0.25, 0.3) is 0 Å². The van der Waals surface area contributed by atoms with Crippen LogP contribution in [0.5, 0.6) is 5.75 Å². The van der Waals surface area contributed by atoms with Crippen LogP contribution in [-0.4, -0.2) is 24.6 Å². The van der Waals surface area contributed by atoms with E-state index in [1.807, 2.05) is 0 Å². The van der Waals surface area contributed by atoms with Gasteiger partial charge in [0, 0.05) is 5.69 Å². The molecule has 5 nitrogen and oxygen atoms in total. The Bertz CT molecular complexity index is 794. The van der Waals surface area contributed by atoms with Gasteiger partial charge in [-0.25, -0.2) is 9.18 Å². The maximum absolute atomic E-state index is 13.5. The van der Waals surface area contributed by atoms with Gasteiger partial charge >= 0.3 is 12.6 Å². The number of ether oxygens (including phenoxy) is 2. The van der Waals surface area contributed by atoms with Gasteiger partial charge in [-0.1, -0.05) is 6.07 Å². The quantitative estimate of drug-likeness (QED) is 0.786. The van der Waals surface area contributed by atoms with Crippen LogP contribution in [0.3, 0.4) is 0 Å². The molecule has 2 aromatic rings. The molecule has 0 spiro atoms. The molecule has 8 heteroatoms. The van der Waals surface area contributed by atoms with Crippen molar-refractivity contribution in [3.63, 3.8) is 0 Å². The first kappa shape index (κ1) is 19.3. The monoisotopic (exact) mass is 367 g/mol. The number of rotatable bonds is 6. The standard InChI is InChI=1S/C18H16F3NO4/c1-10-3-6-13(9-15(10)19)22-16(23)11(2)25-17(24)12-4-7-14(8-5-12)26-18(20)21/h3-9,11,18H,1-2H3,(H,22,23)/t11-/m1/s1. The normalized spacial score (nSPS) is 11.8. The zero-order valence-electron chi connectivity index (χ0n) is 14.0. The molecule has 2 aromatic carbocycles. The number of esters is 1. The molecule has 0 bridgehead atoms. The molecule has 0 saturated heterocycles. The molecule has 26 heavy (non-hydrogen) atoms. The summed E-state index contributed by atoms with van der Waals surface area (Å²) in [6.07, 6.45) is -1.15. The largest absolute Gasteiger partial charge is 0.449 e. The van der Waals surface area contributed by atoms with Crippen LogP contribution in [-0.2, 0) is 9.53 Å². The van der Waals surface area contributed by atoms with Crippen molar-refractivity contribution in [3.05, 3.63) is 59.4 Å². The Hall–Kier alpha value is -3.03. The summed E-state index contributed by atoms with van der Waals surface area (Å²) in [7, 11) is 0. The first-order valence-corrected chi connectivity index (χ1v) is 7.59. The van der Waals surface area contributed by atoms with E-state index in [0.29, 0.717) is 5.56 Å². The SMILES string of the molecule is Cc1ccc(NC(=O)[C@@H](C)OC(=O)c2ccc(OC(F)F)cc2)cc1F. The highest BCUT2D eigenvalue weighted by molar-refractivity contribution is 5.97. The fraction of sp³-hybridized carbons (Fsp3) is 0.222. The number of halogens is 3. The number of alkyl halides is 2. The lowest BCUT2D eigenvalue weighted by Gasteiger charge is -2.14. The van der Waals surface area contributed by atoms with Crippen LogP contribution >= 0.6 is 0 Å². The molecule has 0 saturated carbocycles. The van der Waals surface area contributed by atoms with Gasteiger partial charge in [-0.3, -0.25) is 4.79 Å². The Labute approximate surface area is 147 Å². The fourth-order valence-corrected chi connectivity index (χ4v) is 1.97. The van der Waals surface area contributed by atoms with Gasteiger partial charge in [-0.15, -0.1) is 0 Å². The Morgan fingerprint density at radius 2 is 1.73 bits per heavy atom. The minimum Gasteiger partial charge on any atom is -0.449 e. The van der Waals surface area contributed by atoms with Gasteiger partial charge in [-0.05, 0) is 55.8 Å². The smallest absolute Gasteiger partial charge is 0.387 e. The summed E-state index contributed by atoms with van der Waals surface area (Å²) in [4.78, 5) is 24.0. The molecule has 0 aromatic heterocycles. The van der Waals surface area contributed by atoms with Crippen molar-refractivity contribution in [1.82, 2.24) is 0 Å². The lowest BCUT2D eigenvalue weighted by Crippen LogP contribution is -2.30. The number of aryl methyl sites for hydroxylation is 1. The average molecular weight is 367 g/mol. The molecule has 0 heterocycles. The van der Waals surface area contributed by atoms with Crippen molar-refractivity contribution in [2.75, 3.05) is 5.32 Å². The second-order valence-electron chi connectivity index (χ2n) is 5.40. The van der Waals surface area contributed by atoms with E-state index >= 15 is 0 Å². The van der Waals surface area contributed by atoms with Crippen molar-refractivity contribution >= 4 is 17.6 Å². The van der Waals surface area contributed by atoms with E-state index in [4.69, 9.17) is 4.74 Å². The van der Waals surface area contributed by atoms with Gasteiger partial charge in [-0.2, -0.15) is 8.78 Å². The van der Waals surface area contributed by atoms with Crippen molar-refractivity contribution in [2.24, 2.45) is 0 Å². The zero-order chi connectivity index (χ0) is 19.3. The van der Waals surface area contributed by atoms with E-state index in [1.165, 1.54) is 43.3 Å². The number of carbonyl (C=O) groups is 2. The van der Waals surface area contributed by atoms with Crippen LogP contribution in [0.2, 0.25) is 0 Å². The minimum atomic E-state index is -2.97. The number of anilines is 1. The molecule has 138 valence electrons. The van der Waals surface area contributed by atoms with Crippen LogP contribution in [0.1, 0.15) is 22.8 Å². The number of carbonyl (C=O) groups excluding carboxylic acids is 2. The van der Waals surface area contributed by atoms with Crippen molar-refractivity contribution in [2.45, 2.75) is 26.6 Å². The highest BCUT2D eigenvalue weighted by atomic mass is 19.3. The molecular weight excluding hydrogens is 351 g/mol. The Morgan fingerprint density at radius 1 is 1.08 bits per heavy atom. The van der Waals surface area contributed by atoms with Crippen molar-refractivity contribution in [3.8, 4) is 5.75 Å². The maximum Gasteiger partial charge on any atom is 0.387 e. The van der Waals surface area contributed by atoms with Crippen LogP contribution in [0, 0.1) is 12.7 Å². The van der Waals surface area contributed by atoms with E-state index in [-0.39, 0.29) is 17.0 Å². The van der Waals surface area contributed by atoms with Gasteiger partial charge in [0.2, 0.25) is 0 Å². The molecule has 1 N–H and O–H groups in total. The lowest BCUT2D eigenvalue weighted by molar-refractivity contribution is -0.123. The van der Waals surface area contributed by atoms with Gasteiger partial charge in [0.25, 0.3) is 5.91 Å². The molecule has 0 aliphatic rings. The zero-order valence-corrected chi connectivity index (χ0v) is 14.0. The van der Waals surface area contributed by atoms with Gasteiger partial charge in [0.15, 0.2) is 6.10 Å².